The van der Waals surface area contributed by atoms with E-state index < -0.39 is 0 Å². The summed E-state index contributed by atoms with van der Waals surface area (Å²) in [4.78, 5) is 12.2. The van der Waals surface area contributed by atoms with Crippen molar-refractivity contribution in [2.24, 2.45) is 5.92 Å². The van der Waals surface area contributed by atoms with Crippen molar-refractivity contribution >= 4 is 11.4 Å². The summed E-state index contributed by atoms with van der Waals surface area (Å²) in [6, 6.07) is 8.22. The Balaban J connectivity index is 1.87. The molecule has 2 heteroatoms. The van der Waals surface area contributed by atoms with Crippen LogP contribution < -0.4 is 4.74 Å². The Hall–Kier alpha value is -1.57. The predicted molar refractivity (Wildman–Crippen MR) is 96.7 cm³/mol. The first-order chi connectivity index (χ1) is 11.2. The van der Waals surface area contributed by atoms with E-state index in [4.69, 9.17) is 4.74 Å². The monoisotopic (exact) mass is 314 g/mol. The minimum atomic E-state index is 0.245. The summed E-state index contributed by atoms with van der Waals surface area (Å²) in [7, 11) is 0. The van der Waals surface area contributed by atoms with E-state index in [1.54, 1.807) is 0 Å². The van der Waals surface area contributed by atoms with Gasteiger partial charge in [0.25, 0.3) is 0 Å². The van der Waals surface area contributed by atoms with E-state index in [0.717, 1.165) is 50.0 Å². The number of carbonyl (C=O) groups excluding carboxylic acids is 1. The summed E-state index contributed by atoms with van der Waals surface area (Å²) < 4.78 is 5.78. The summed E-state index contributed by atoms with van der Waals surface area (Å²) in [5, 5.41) is 0. The molecule has 0 N–H and O–H groups in total. The van der Waals surface area contributed by atoms with Gasteiger partial charge in [0.1, 0.15) is 5.75 Å². The summed E-state index contributed by atoms with van der Waals surface area (Å²) in [6.45, 7) is 5.15. The molecule has 23 heavy (non-hydrogen) atoms. The SMILES string of the molecule is CCCCCCOc1ccc(C2=CC(=O)C(CCC)CC2)cc1. The average Bonchev–Trinajstić information content (AvgIpc) is 2.57. The van der Waals surface area contributed by atoms with E-state index in [2.05, 4.69) is 26.0 Å². The van der Waals surface area contributed by atoms with Crippen molar-refractivity contribution in [2.75, 3.05) is 6.61 Å². The molecule has 1 atom stereocenters. The highest BCUT2D eigenvalue weighted by molar-refractivity contribution is 5.99. The van der Waals surface area contributed by atoms with Gasteiger partial charge in [-0.3, -0.25) is 4.79 Å². The first-order valence-corrected chi connectivity index (χ1v) is 9.22. The largest absolute Gasteiger partial charge is 0.494 e. The van der Waals surface area contributed by atoms with Gasteiger partial charge in [0.05, 0.1) is 6.61 Å². The quantitative estimate of drug-likeness (QED) is 0.538. The third-order valence-corrected chi connectivity index (χ3v) is 4.61. The van der Waals surface area contributed by atoms with E-state index in [1.165, 1.54) is 24.8 Å². The lowest BCUT2D eigenvalue weighted by molar-refractivity contribution is -0.118. The van der Waals surface area contributed by atoms with Gasteiger partial charge in [-0.1, -0.05) is 51.7 Å². The molecule has 1 aromatic carbocycles. The van der Waals surface area contributed by atoms with Crippen molar-refractivity contribution in [1.29, 1.82) is 0 Å². The maximum atomic E-state index is 12.2. The summed E-state index contributed by atoms with van der Waals surface area (Å²) >= 11 is 0. The second-order valence-corrected chi connectivity index (χ2v) is 6.53. The lowest BCUT2D eigenvalue weighted by Gasteiger charge is -2.20. The zero-order valence-electron chi connectivity index (χ0n) is 14.6. The van der Waals surface area contributed by atoms with Gasteiger partial charge in [-0.15, -0.1) is 0 Å². The zero-order chi connectivity index (χ0) is 16.5. The van der Waals surface area contributed by atoms with Crippen molar-refractivity contribution in [3.63, 3.8) is 0 Å². The Labute approximate surface area is 140 Å². The molecule has 1 unspecified atom stereocenters. The van der Waals surface area contributed by atoms with E-state index >= 15 is 0 Å². The summed E-state index contributed by atoms with van der Waals surface area (Å²) in [5.41, 5.74) is 2.34. The molecule has 0 radical (unpaired) electrons. The van der Waals surface area contributed by atoms with Crippen molar-refractivity contribution in [2.45, 2.75) is 65.2 Å². The van der Waals surface area contributed by atoms with Crippen molar-refractivity contribution in [3.05, 3.63) is 35.9 Å². The Morgan fingerprint density at radius 2 is 1.83 bits per heavy atom. The number of allylic oxidation sites excluding steroid dienone is 2. The smallest absolute Gasteiger partial charge is 0.159 e. The summed E-state index contributed by atoms with van der Waals surface area (Å²) in [5.74, 6) is 1.48. The molecule has 126 valence electrons. The van der Waals surface area contributed by atoms with Gasteiger partial charge in [0, 0.05) is 5.92 Å². The maximum absolute atomic E-state index is 12.2. The first-order valence-electron chi connectivity index (χ1n) is 9.22. The van der Waals surface area contributed by atoms with Gasteiger partial charge in [-0.25, -0.2) is 0 Å². The number of carbonyl (C=O) groups is 1. The van der Waals surface area contributed by atoms with E-state index in [-0.39, 0.29) is 5.92 Å². The molecule has 1 aliphatic rings. The molecular formula is C21H30O2. The molecule has 2 rings (SSSR count). The van der Waals surface area contributed by atoms with Gasteiger partial charge < -0.3 is 4.74 Å². The second-order valence-electron chi connectivity index (χ2n) is 6.53. The summed E-state index contributed by atoms with van der Waals surface area (Å²) in [6.07, 6.45) is 10.9. The molecule has 0 saturated carbocycles. The van der Waals surface area contributed by atoms with Crippen LogP contribution in [0.5, 0.6) is 5.75 Å². The number of rotatable bonds is 9. The van der Waals surface area contributed by atoms with Crippen LogP contribution in [0.25, 0.3) is 5.57 Å². The molecule has 0 saturated heterocycles. The van der Waals surface area contributed by atoms with Crippen molar-refractivity contribution in [1.82, 2.24) is 0 Å². The highest BCUT2D eigenvalue weighted by Gasteiger charge is 2.21. The van der Waals surface area contributed by atoms with Crippen LogP contribution in [-0.2, 0) is 4.79 Å². The molecule has 0 spiro atoms. The van der Waals surface area contributed by atoms with Crippen LogP contribution in [0, 0.1) is 5.92 Å². The molecule has 0 fully saturated rings. The normalized spacial score (nSPS) is 17.9. The van der Waals surface area contributed by atoms with E-state index in [1.807, 2.05) is 18.2 Å². The van der Waals surface area contributed by atoms with Crippen LogP contribution in [0.2, 0.25) is 0 Å². The molecule has 0 aromatic heterocycles. The number of benzene rings is 1. The molecular weight excluding hydrogens is 284 g/mol. The van der Waals surface area contributed by atoms with Crippen LogP contribution >= 0.6 is 0 Å². The second kappa shape index (κ2) is 9.54. The number of hydrogen-bond donors (Lipinski definition) is 0. The number of ether oxygens (including phenoxy) is 1. The number of ketones is 1. The Morgan fingerprint density at radius 1 is 1.04 bits per heavy atom. The third kappa shape index (κ3) is 5.53. The lowest BCUT2D eigenvalue weighted by Crippen LogP contribution is -2.16. The molecule has 1 aliphatic carbocycles. The number of hydrogen-bond acceptors (Lipinski definition) is 2. The molecule has 0 aliphatic heterocycles. The molecule has 0 bridgehead atoms. The first kappa shape index (κ1) is 17.8. The fourth-order valence-electron chi connectivity index (χ4n) is 3.18. The fourth-order valence-corrected chi connectivity index (χ4v) is 3.18. The minimum absolute atomic E-state index is 0.245. The number of unbranched alkanes of at least 4 members (excludes halogenated alkanes) is 3. The fraction of sp³-hybridized carbons (Fsp3) is 0.571. The van der Waals surface area contributed by atoms with Gasteiger partial charge in [0.2, 0.25) is 0 Å². The minimum Gasteiger partial charge on any atom is -0.494 e. The van der Waals surface area contributed by atoms with Crippen LogP contribution in [-0.4, -0.2) is 12.4 Å². The predicted octanol–water partition coefficient (Wildman–Crippen LogP) is 5.81. The van der Waals surface area contributed by atoms with Gasteiger partial charge in [-0.2, -0.15) is 0 Å². The van der Waals surface area contributed by atoms with Crippen LogP contribution in [0.4, 0.5) is 0 Å². The van der Waals surface area contributed by atoms with Crippen LogP contribution in [0.15, 0.2) is 30.3 Å². The van der Waals surface area contributed by atoms with Crippen molar-refractivity contribution < 1.29 is 9.53 Å². The van der Waals surface area contributed by atoms with E-state index in [0.29, 0.717) is 5.78 Å². The van der Waals surface area contributed by atoms with Gasteiger partial charge in [-0.05, 0) is 55.0 Å². The maximum Gasteiger partial charge on any atom is 0.159 e. The van der Waals surface area contributed by atoms with Crippen LogP contribution in [0.3, 0.4) is 0 Å². The van der Waals surface area contributed by atoms with Gasteiger partial charge in [0.15, 0.2) is 5.78 Å². The molecule has 0 amide bonds. The Bertz CT molecular complexity index is 513. The van der Waals surface area contributed by atoms with Crippen LogP contribution in [0.1, 0.15) is 70.8 Å². The molecule has 1 aromatic rings. The lowest BCUT2D eigenvalue weighted by atomic mass is 9.83. The topological polar surface area (TPSA) is 26.3 Å². The molecule has 0 heterocycles. The third-order valence-electron chi connectivity index (χ3n) is 4.61. The van der Waals surface area contributed by atoms with E-state index in [9.17, 15) is 4.79 Å². The van der Waals surface area contributed by atoms with Crippen molar-refractivity contribution in [3.8, 4) is 5.75 Å². The average molecular weight is 314 g/mol. The highest BCUT2D eigenvalue weighted by Crippen LogP contribution is 2.31. The standard InChI is InChI=1S/C21H30O2/c1-3-5-6-7-15-23-20-13-11-17(12-14-20)19-10-9-18(8-4-2)21(22)16-19/h11-14,16,18H,3-10,15H2,1-2H3. The van der Waals surface area contributed by atoms with Gasteiger partial charge >= 0.3 is 0 Å². The Morgan fingerprint density at radius 3 is 2.48 bits per heavy atom. The Kier molecular flexibility index (Phi) is 7.38. The zero-order valence-corrected chi connectivity index (χ0v) is 14.6. The highest BCUT2D eigenvalue weighted by atomic mass is 16.5. The molecule has 2 nitrogen and oxygen atoms in total.